The fourth-order valence-corrected chi connectivity index (χ4v) is 1.42. The first-order valence-electron chi connectivity index (χ1n) is 6.58. The summed E-state index contributed by atoms with van der Waals surface area (Å²) >= 11 is 0. The molecule has 0 bridgehead atoms. The van der Waals surface area contributed by atoms with E-state index in [1.165, 1.54) is 7.11 Å². The minimum absolute atomic E-state index is 0.0617. The van der Waals surface area contributed by atoms with Gasteiger partial charge in [-0.15, -0.1) is 0 Å². The smallest absolute Gasteiger partial charge is 0.311 e. The number of nitrogens with one attached hydrogen (secondary N) is 1. The highest BCUT2D eigenvalue weighted by molar-refractivity contribution is 7.84. The van der Waals surface area contributed by atoms with Crippen molar-refractivity contribution in [3.05, 3.63) is 23.8 Å². The molecule has 0 saturated heterocycles. The Kier molecular flexibility index (Phi) is 8.27. The molecule has 0 spiro atoms. The highest BCUT2D eigenvalue weighted by atomic mass is 32.2. The summed E-state index contributed by atoms with van der Waals surface area (Å²) in [6.07, 6.45) is 0.949. The second-order valence-corrected chi connectivity index (χ2v) is 6.46. The van der Waals surface area contributed by atoms with Gasteiger partial charge in [-0.2, -0.15) is 0 Å². The molecule has 23 heavy (non-hydrogen) atoms. The van der Waals surface area contributed by atoms with Crippen LogP contribution in [0, 0.1) is 11.3 Å². The minimum atomic E-state index is -3.92. The molecule has 0 aliphatic carbocycles. The van der Waals surface area contributed by atoms with E-state index >= 15 is 0 Å². The Morgan fingerprint density at radius 1 is 1.35 bits per heavy atom. The van der Waals surface area contributed by atoms with Crippen molar-refractivity contribution in [2.75, 3.05) is 13.4 Å². The molecule has 0 fully saturated rings. The highest BCUT2D eigenvalue weighted by Crippen LogP contribution is 2.28. The van der Waals surface area contributed by atoms with Crippen molar-refractivity contribution in [1.29, 1.82) is 5.41 Å². The second-order valence-electron chi connectivity index (χ2n) is 5.06. The first-order valence-corrected chi connectivity index (χ1v) is 8.39. The zero-order valence-corrected chi connectivity index (χ0v) is 14.3. The molecule has 0 unspecified atom stereocenters. The number of carbonyl (C=O) groups is 1. The summed E-state index contributed by atoms with van der Waals surface area (Å²) < 4.78 is 37.5. The van der Waals surface area contributed by atoms with Gasteiger partial charge < -0.3 is 19.8 Å². The van der Waals surface area contributed by atoms with Gasteiger partial charge in [-0.05, 0) is 24.1 Å². The normalized spacial score (nSPS) is 10.5. The molecule has 0 aromatic heterocycles. The Bertz CT molecular complexity index is 647. The molecule has 1 aromatic rings. The molecule has 3 N–H and O–H groups in total. The van der Waals surface area contributed by atoms with Gasteiger partial charge in [0.2, 0.25) is 0 Å². The molecule has 0 heterocycles. The van der Waals surface area contributed by atoms with Crippen LogP contribution in [0.4, 0.5) is 0 Å². The van der Waals surface area contributed by atoms with E-state index < -0.39 is 10.1 Å². The number of benzene rings is 1. The van der Waals surface area contributed by atoms with Crippen molar-refractivity contribution < 1.29 is 27.2 Å². The summed E-state index contributed by atoms with van der Waals surface area (Å²) in [7, 11) is -2.45. The van der Waals surface area contributed by atoms with Gasteiger partial charge in [0.05, 0.1) is 17.2 Å². The van der Waals surface area contributed by atoms with Crippen LogP contribution in [0.1, 0.15) is 25.8 Å². The Morgan fingerprint density at radius 2 is 1.87 bits per heavy atom. The van der Waals surface area contributed by atoms with Crippen molar-refractivity contribution >= 4 is 21.9 Å². The number of hydrogen-bond acceptors (Lipinski definition) is 7. The second kappa shape index (κ2) is 9.11. The van der Waals surface area contributed by atoms with Gasteiger partial charge in [0.25, 0.3) is 0 Å². The van der Waals surface area contributed by atoms with E-state index in [-0.39, 0.29) is 17.7 Å². The standard InChI is InChI=1S/C13H18N2O3.CH4O3S/c1-8(2)6-12(16)18-10-5-4-9(13(14)15)7-11(10)17-3;1-5(2,3)4/h4-5,7-8H,6H2,1-3H3,(H3,14,15);1H3,(H,2,3,4)/p-1. The number of nitrogen functional groups attached to an aromatic ring is 1. The van der Waals surface area contributed by atoms with E-state index in [4.69, 9.17) is 33.6 Å². The van der Waals surface area contributed by atoms with E-state index in [1.54, 1.807) is 18.2 Å². The maximum absolute atomic E-state index is 11.6. The number of hydrogen-bond donors (Lipinski definition) is 2. The summed E-state index contributed by atoms with van der Waals surface area (Å²) in [5.41, 5.74) is 5.90. The number of rotatable bonds is 5. The van der Waals surface area contributed by atoms with Gasteiger partial charge in [-0.3, -0.25) is 10.2 Å². The molecule has 0 aliphatic heterocycles. The molecule has 1 rings (SSSR count). The third kappa shape index (κ3) is 10.3. The summed E-state index contributed by atoms with van der Waals surface area (Å²) in [5, 5.41) is 7.33. The van der Waals surface area contributed by atoms with Crippen LogP contribution in [0.3, 0.4) is 0 Å². The quantitative estimate of drug-likeness (QED) is 0.267. The summed E-state index contributed by atoms with van der Waals surface area (Å²) in [5.74, 6) is 0.597. The lowest BCUT2D eigenvalue weighted by Crippen LogP contribution is -2.13. The number of esters is 1. The largest absolute Gasteiger partial charge is 0.748 e. The van der Waals surface area contributed by atoms with E-state index in [1.807, 2.05) is 13.8 Å². The minimum Gasteiger partial charge on any atom is -0.748 e. The molecule has 1 aromatic carbocycles. The van der Waals surface area contributed by atoms with Crippen LogP contribution in [-0.4, -0.2) is 38.1 Å². The molecular weight excluding hydrogens is 324 g/mol. The third-order valence-electron chi connectivity index (χ3n) is 2.27. The number of methoxy groups -OCH3 is 1. The zero-order chi connectivity index (χ0) is 18.2. The van der Waals surface area contributed by atoms with E-state index in [0.717, 1.165) is 0 Å². The predicted octanol–water partition coefficient (Wildman–Crippen LogP) is 1.09. The van der Waals surface area contributed by atoms with Crippen molar-refractivity contribution in [2.24, 2.45) is 11.7 Å². The lowest BCUT2D eigenvalue weighted by Gasteiger charge is -2.11. The van der Waals surface area contributed by atoms with E-state index in [2.05, 4.69) is 0 Å². The Hall–Kier alpha value is -2.13. The van der Waals surface area contributed by atoms with Crippen LogP contribution in [0.15, 0.2) is 18.2 Å². The SMILES string of the molecule is COc1cc(C(=N)N)ccc1OC(=O)CC(C)C.CS(=O)(=O)[O-]. The third-order valence-corrected chi connectivity index (χ3v) is 2.27. The Morgan fingerprint density at radius 3 is 2.26 bits per heavy atom. The van der Waals surface area contributed by atoms with Gasteiger partial charge in [-0.25, -0.2) is 8.42 Å². The van der Waals surface area contributed by atoms with Crippen molar-refractivity contribution in [1.82, 2.24) is 0 Å². The molecule has 0 atom stereocenters. The van der Waals surface area contributed by atoms with Gasteiger partial charge >= 0.3 is 5.97 Å². The number of ether oxygens (including phenoxy) is 2. The molecule has 8 nitrogen and oxygen atoms in total. The molecule has 0 amide bonds. The van der Waals surface area contributed by atoms with Crippen molar-refractivity contribution in [2.45, 2.75) is 20.3 Å². The molecule has 130 valence electrons. The zero-order valence-electron chi connectivity index (χ0n) is 13.5. The Labute approximate surface area is 135 Å². The van der Waals surface area contributed by atoms with Crippen LogP contribution < -0.4 is 15.2 Å². The molecule has 9 heteroatoms. The van der Waals surface area contributed by atoms with Crippen molar-refractivity contribution in [3.63, 3.8) is 0 Å². The van der Waals surface area contributed by atoms with Gasteiger partial charge in [0, 0.05) is 18.2 Å². The maximum atomic E-state index is 11.6. The first-order chi connectivity index (χ1) is 10.4. The highest BCUT2D eigenvalue weighted by Gasteiger charge is 2.12. The van der Waals surface area contributed by atoms with Gasteiger partial charge in [0.1, 0.15) is 5.84 Å². The fraction of sp³-hybridized carbons (Fsp3) is 0.429. The molecular formula is C14H21N2O6S-. The fourth-order valence-electron chi connectivity index (χ4n) is 1.42. The number of amidine groups is 1. The topological polar surface area (TPSA) is 143 Å². The molecule has 0 saturated carbocycles. The van der Waals surface area contributed by atoms with Crippen LogP contribution in [-0.2, 0) is 14.9 Å². The summed E-state index contributed by atoms with van der Waals surface area (Å²) in [4.78, 5) is 11.6. The average Bonchev–Trinajstić information content (AvgIpc) is 2.35. The number of nitrogens with two attached hydrogens (primary N) is 1. The Balaban J connectivity index is 0.000000841. The van der Waals surface area contributed by atoms with Crippen LogP contribution in [0.25, 0.3) is 0 Å². The number of carbonyl (C=O) groups excluding carboxylic acids is 1. The van der Waals surface area contributed by atoms with Gasteiger partial charge in [-0.1, -0.05) is 13.8 Å². The molecule has 0 aliphatic rings. The van der Waals surface area contributed by atoms with Crippen LogP contribution in [0.2, 0.25) is 0 Å². The predicted molar refractivity (Wildman–Crippen MR) is 84.7 cm³/mol. The van der Waals surface area contributed by atoms with Gasteiger partial charge in [0.15, 0.2) is 11.5 Å². The van der Waals surface area contributed by atoms with Crippen LogP contribution in [0.5, 0.6) is 11.5 Å². The lowest BCUT2D eigenvalue weighted by molar-refractivity contribution is -0.135. The average molecular weight is 345 g/mol. The lowest BCUT2D eigenvalue weighted by atomic mass is 10.1. The summed E-state index contributed by atoms with van der Waals surface area (Å²) in [6, 6.07) is 4.76. The summed E-state index contributed by atoms with van der Waals surface area (Å²) in [6.45, 7) is 3.88. The molecule has 0 radical (unpaired) electrons. The first kappa shape index (κ1) is 20.9. The van der Waals surface area contributed by atoms with E-state index in [9.17, 15) is 4.79 Å². The van der Waals surface area contributed by atoms with E-state index in [0.29, 0.717) is 29.7 Å². The maximum Gasteiger partial charge on any atom is 0.311 e. The van der Waals surface area contributed by atoms with Crippen LogP contribution >= 0.6 is 0 Å². The monoisotopic (exact) mass is 345 g/mol. The van der Waals surface area contributed by atoms with Crippen molar-refractivity contribution in [3.8, 4) is 11.5 Å².